The van der Waals surface area contributed by atoms with E-state index in [-0.39, 0.29) is 0 Å². The number of thioether (sulfide) groups is 1. The third-order valence-electron chi connectivity index (χ3n) is 5.47. The van der Waals surface area contributed by atoms with Crippen molar-refractivity contribution in [1.29, 1.82) is 0 Å². The minimum absolute atomic E-state index is 0.397. The predicted molar refractivity (Wildman–Crippen MR) is 123 cm³/mol. The summed E-state index contributed by atoms with van der Waals surface area (Å²) in [6.45, 7) is 2.23. The molecule has 1 unspecified atom stereocenters. The predicted octanol–water partition coefficient (Wildman–Crippen LogP) is 7.88. The van der Waals surface area contributed by atoms with E-state index in [1.54, 1.807) is 0 Å². The number of rotatable bonds is 3. The third-order valence-corrected chi connectivity index (χ3v) is 7.16. The molecule has 0 bridgehead atoms. The molecule has 2 heterocycles. The van der Waals surface area contributed by atoms with E-state index in [0.717, 1.165) is 11.4 Å². The number of benzene rings is 3. The Bertz CT molecular complexity index is 1170. The van der Waals surface area contributed by atoms with Gasteiger partial charge in [-0.2, -0.15) is 0 Å². The Labute approximate surface area is 174 Å². The van der Waals surface area contributed by atoms with E-state index in [9.17, 15) is 0 Å². The van der Waals surface area contributed by atoms with Crippen LogP contribution in [0.25, 0.3) is 21.4 Å². The van der Waals surface area contributed by atoms with Crippen LogP contribution in [0.4, 0.5) is 0 Å². The average Bonchev–Trinajstić information content (AvgIpc) is 3.31. The molecule has 1 aromatic heterocycles. The molecule has 0 saturated carbocycles. The van der Waals surface area contributed by atoms with Gasteiger partial charge in [0, 0.05) is 31.8 Å². The number of aromatic amines is 1. The molecule has 4 aromatic rings. The number of aryl methyl sites for hydroxylation is 1. The molecule has 0 fully saturated rings. The molecular formula is C25H20ClNS. The van der Waals surface area contributed by atoms with Crippen LogP contribution in [0, 0.1) is 6.92 Å². The Hall–Kier alpha value is -2.42. The van der Waals surface area contributed by atoms with Crippen molar-refractivity contribution in [2.75, 3.05) is 0 Å². The maximum Gasteiger partial charge on any atom is 0.0465 e. The SMILES string of the molecule is Cc1c(C2=C(c3ccccc3)SC(c3ccc(Cl)cc3)C2)[nH]c2ccccc12. The van der Waals surface area contributed by atoms with Gasteiger partial charge in [0.15, 0.2) is 0 Å². The molecule has 1 N–H and O–H groups in total. The van der Waals surface area contributed by atoms with Gasteiger partial charge in [-0.25, -0.2) is 0 Å². The second-order valence-corrected chi connectivity index (χ2v) is 8.86. The van der Waals surface area contributed by atoms with Crippen LogP contribution in [-0.2, 0) is 0 Å². The first kappa shape index (κ1) is 17.7. The lowest BCUT2D eigenvalue weighted by atomic mass is 9.97. The van der Waals surface area contributed by atoms with E-state index < -0.39 is 0 Å². The smallest absolute Gasteiger partial charge is 0.0465 e. The molecule has 1 atom stereocenters. The number of H-pyrrole nitrogens is 1. The molecule has 0 radical (unpaired) electrons. The van der Waals surface area contributed by atoms with Crippen LogP contribution in [0.5, 0.6) is 0 Å². The molecular weight excluding hydrogens is 382 g/mol. The molecule has 28 heavy (non-hydrogen) atoms. The zero-order valence-electron chi connectivity index (χ0n) is 15.6. The van der Waals surface area contributed by atoms with Crippen molar-refractivity contribution in [2.45, 2.75) is 18.6 Å². The normalized spacial score (nSPS) is 16.9. The summed E-state index contributed by atoms with van der Waals surface area (Å²) in [6, 6.07) is 27.6. The molecule has 0 spiro atoms. The fraction of sp³-hybridized carbons (Fsp3) is 0.120. The highest BCUT2D eigenvalue weighted by atomic mass is 35.5. The second-order valence-electron chi connectivity index (χ2n) is 7.21. The molecule has 138 valence electrons. The van der Waals surface area contributed by atoms with Crippen molar-refractivity contribution < 1.29 is 0 Å². The summed E-state index contributed by atoms with van der Waals surface area (Å²) in [7, 11) is 0. The van der Waals surface area contributed by atoms with Crippen LogP contribution in [0.1, 0.15) is 34.1 Å². The lowest BCUT2D eigenvalue weighted by molar-refractivity contribution is 0.997. The maximum atomic E-state index is 6.11. The summed E-state index contributed by atoms with van der Waals surface area (Å²) in [6.07, 6.45) is 1.00. The first-order valence-electron chi connectivity index (χ1n) is 9.49. The zero-order valence-corrected chi connectivity index (χ0v) is 17.1. The summed E-state index contributed by atoms with van der Waals surface area (Å²) >= 11 is 8.07. The minimum atomic E-state index is 0.397. The van der Waals surface area contributed by atoms with E-state index in [1.165, 1.54) is 43.8 Å². The van der Waals surface area contributed by atoms with Gasteiger partial charge in [0.1, 0.15) is 0 Å². The molecule has 1 aliphatic heterocycles. The Balaban J connectivity index is 1.64. The number of halogens is 1. The zero-order chi connectivity index (χ0) is 19.1. The summed E-state index contributed by atoms with van der Waals surface area (Å²) in [5.41, 5.74) is 7.82. The topological polar surface area (TPSA) is 15.8 Å². The highest BCUT2D eigenvalue weighted by molar-refractivity contribution is 8.09. The Kier molecular flexibility index (Phi) is 4.54. The summed E-state index contributed by atoms with van der Waals surface area (Å²) in [4.78, 5) is 5.06. The number of hydrogen-bond donors (Lipinski definition) is 1. The number of nitrogens with one attached hydrogen (secondary N) is 1. The third kappa shape index (κ3) is 3.07. The number of para-hydroxylation sites is 1. The quantitative estimate of drug-likeness (QED) is 0.369. The fourth-order valence-electron chi connectivity index (χ4n) is 4.03. The monoisotopic (exact) mass is 401 g/mol. The minimum Gasteiger partial charge on any atom is -0.355 e. The molecule has 3 heteroatoms. The number of allylic oxidation sites excluding steroid dienone is 1. The Morgan fingerprint density at radius 1 is 0.893 bits per heavy atom. The van der Waals surface area contributed by atoms with E-state index in [1.807, 2.05) is 23.9 Å². The maximum absolute atomic E-state index is 6.11. The first-order chi connectivity index (χ1) is 13.7. The molecule has 0 saturated heterocycles. The molecule has 0 aliphatic carbocycles. The lowest BCUT2D eigenvalue weighted by Crippen LogP contribution is -1.92. The van der Waals surface area contributed by atoms with E-state index in [2.05, 4.69) is 78.6 Å². The Morgan fingerprint density at radius 2 is 1.61 bits per heavy atom. The van der Waals surface area contributed by atoms with Crippen molar-refractivity contribution >= 4 is 44.7 Å². The van der Waals surface area contributed by atoms with E-state index in [0.29, 0.717) is 5.25 Å². The van der Waals surface area contributed by atoms with Crippen LogP contribution < -0.4 is 0 Å². The van der Waals surface area contributed by atoms with Crippen molar-refractivity contribution in [3.8, 4) is 0 Å². The standard InChI is InChI=1S/C25H20ClNS/c1-16-20-9-5-6-10-22(20)27-24(16)21-15-23(17-11-13-19(26)14-12-17)28-25(21)18-7-3-2-4-8-18/h2-14,23,27H,15H2,1H3. The van der Waals surface area contributed by atoms with Gasteiger partial charge in [-0.3, -0.25) is 0 Å². The number of aromatic nitrogens is 1. The van der Waals surface area contributed by atoms with Crippen LogP contribution in [-0.4, -0.2) is 4.98 Å². The van der Waals surface area contributed by atoms with Gasteiger partial charge in [0.2, 0.25) is 0 Å². The molecule has 1 nitrogen and oxygen atoms in total. The van der Waals surface area contributed by atoms with Gasteiger partial charge in [-0.15, -0.1) is 11.8 Å². The van der Waals surface area contributed by atoms with Crippen molar-refractivity contribution in [1.82, 2.24) is 4.98 Å². The highest BCUT2D eigenvalue weighted by Gasteiger charge is 2.30. The lowest BCUT2D eigenvalue weighted by Gasteiger charge is -2.10. The number of hydrogen-bond acceptors (Lipinski definition) is 1. The van der Waals surface area contributed by atoms with Gasteiger partial charge < -0.3 is 4.98 Å². The van der Waals surface area contributed by atoms with Gasteiger partial charge in [0.25, 0.3) is 0 Å². The van der Waals surface area contributed by atoms with Gasteiger partial charge in [0.05, 0.1) is 0 Å². The number of fused-ring (bicyclic) bond motifs is 1. The van der Waals surface area contributed by atoms with Crippen molar-refractivity contribution in [3.63, 3.8) is 0 Å². The van der Waals surface area contributed by atoms with Crippen LogP contribution in [0.15, 0.2) is 78.9 Å². The van der Waals surface area contributed by atoms with Crippen LogP contribution >= 0.6 is 23.4 Å². The summed E-state index contributed by atoms with van der Waals surface area (Å²) in [5, 5.41) is 2.49. The highest BCUT2D eigenvalue weighted by Crippen LogP contribution is 2.55. The molecule has 1 aliphatic rings. The van der Waals surface area contributed by atoms with E-state index >= 15 is 0 Å². The largest absolute Gasteiger partial charge is 0.355 e. The van der Waals surface area contributed by atoms with E-state index in [4.69, 9.17) is 11.6 Å². The molecule has 0 amide bonds. The fourth-order valence-corrected chi connectivity index (χ4v) is 5.58. The van der Waals surface area contributed by atoms with Gasteiger partial charge in [-0.05, 0) is 53.8 Å². The average molecular weight is 402 g/mol. The summed E-state index contributed by atoms with van der Waals surface area (Å²) in [5.74, 6) is 0. The van der Waals surface area contributed by atoms with Crippen molar-refractivity contribution in [2.24, 2.45) is 0 Å². The van der Waals surface area contributed by atoms with Crippen LogP contribution in [0.2, 0.25) is 5.02 Å². The van der Waals surface area contributed by atoms with Gasteiger partial charge in [-0.1, -0.05) is 72.3 Å². The van der Waals surface area contributed by atoms with Crippen molar-refractivity contribution in [3.05, 3.63) is 106 Å². The Morgan fingerprint density at radius 3 is 2.36 bits per heavy atom. The van der Waals surface area contributed by atoms with Crippen LogP contribution in [0.3, 0.4) is 0 Å². The molecule has 3 aromatic carbocycles. The second kappa shape index (κ2) is 7.20. The van der Waals surface area contributed by atoms with Gasteiger partial charge >= 0.3 is 0 Å². The molecule has 5 rings (SSSR count). The summed E-state index contributed by atoms with van der Waals surface area (Å²) < 4.78 is 0. The first-order valence-corrected chi connectivity index (χ1v) is 10.7.